The van der Waals surface area contributed by atoms with Gasteiger partial charge in [0.15, 0.2) is 0 Å². The van der Waals surface area contributed by atoms with Gasteiger partial charge in [0.05, 0.1) is 0 Å². The van der Waals surface area contributed by atoms with E-state index in [-0.39, 0.29) is 12.0 Å². The van der Waals surface area contributed by atoms with Gasteiger partial charge < -0.3 is 5.32 Å². The van der Waals surface area contributed by atoms with Gasteiger partial charge in [0.2, 0.25) is 17.1 Å². The van der Waals surface area contributed by atoms with E-state index in [0.29, 0.717) is 24.1 Å². The molecule has 0 aliphatic carbocycles. The van der Waals surface area contributed by atoms with Crippen molar-refractivity contribution in [1.82, 2.24) is 15.0 Å². The summed E-state index contributed by atoms with van der Waals surface area (Å²) in [6.45, 7) is 1.89. The number of halogens is 4. The van der Waals surface area contributed by atoms with Crippen LogP contribution in [-0.4, -0.2) is 21.0 Å². The first-order chi connectivity index (χ1) is 11.3. The van der Waals surface area contributed by atoms with Crippen molar-refractivity contribution < 1.29 is 13.2 Å². The number of hydrogen-bond donors (Lipinski definition) is 1. The topological polar surface area (TPSA) is 74.5 Å². The maximum Gasteiger partial charge on any atom is 0.451 e. The fourth-order valence-electron chi connectivity index (χ4n) is 2.06. The SMILES string of the molecule is CCC(CCc1ccsc1C#N)Nc1nc(Cl)nc(C(F)(F)F)n1. The van der Waals surface area contributed by atoms with Gasteiger partial charge in [-0.25, -0.2) is 0 Å². The maximum absolute atomic E-state index is 12.7. The molecule has 0 fully saturated rings. The summed E-state index contributed by atoms with van der Waals surface area (Å²) in [4.78, 5) is 10.8. The number of nitriles is 1. The predicted molar refractivity (Wildman–Crippen MR) is 84.9 cm³/mol. The Labute approximate surface area is 145 Å². The van der Waals surface area contributed by atoms with Gasteiger partial charge in [0, 0.05) is 6.04 Å². The van der Waals surface area contributed by atoms with Gasteiger partial charge >= 0.3 is 6.18 Å². The first-order valence-electron chi connectivity index (χ1n) is 7.05. The van der Waals surface area contributed by atoms with Crippen LogP contribution in [0.3, 0.4) is 0 Å². The minimum absolute atomic E-state index is 0.156. The minimum atomic E-state index is -4.69. The lowest BCUT2D eigenvalue weighted by Crippen LogP contribution is -2.23. The van der Waals surface area contributed by atoms with Gasteiger partial charge in [-0.3, -0.25) is 0 Å². The molecule has 2 heterocycles. The third kappa shape index (κ3) is 4.79. The molecule has 0 aromatic carbocycles. The van der Waals surface area contributed by atoms with Crippen LogP contribution in [0.15, 0.2) is 11.4 Å². The molecule has 1 N–H and O–H groups in total. The molecule has 0 bridgehead atoms. The van der Waals surface area contributed by atoms with Crippen molar-refractivity contribution in [2.45, 2.75) is 38.4 Å². The molecule has 0 amide bonds. The predicted octanol–water partition coefficient (Wildman–Crippen LogP) is 4.30. The average molecular weight is 376 g/mol. The molecule has 2 rings (SSSR count). The average Bonchev–Trinajstić information content (AvgIpc) is 2.97. The van der Waals surface area contributed by atoms with Crippen molar-refractivity contribution in [2.75, 3.05) is 5.32 Å². The summed E-state index contributed by atoms with van der Waals surface area (Å²) in [6.07, 6.45) is -2.80. The zero-order valence-corrected chi connectivity index (χ0v) is 14.1. The van der Waals surface area contributed by atoms with Gasteiger partial charge in [-0.15, -0.1) is 11.3 Å². The number of anilines is 1. The van der Waals surface area contributed by atoms with Crippen molar-refractivity contribution in [3.8, 4) is 6.07 Å². The highest BCUT2D eigenvalue weighted by Gasteiger charge is 2.35. The van der Waals surface area contributed by atoms with Crippen LogP contribution in [0, 0.1) is 11.3 Å². The van der Waals surface area contributed by atoms with Crippen LogP contribution in [0.5, 0.6) is 0 Å². The first-order valence-corrected chi connectivity index (χ1v) is 8.31. The molecular weight excluding hydrogens is 363 g/mol. The minimum Gasteiger partial charge on any atom is -0.351 e. The standard InChI is InChI=1S/C14H13ClF3N5S/c1-2-9(4-3-8-5-6-24-10(8)7-19)20-13-22-11(14(16,17)18)21-12(15)23-13/h5-6,9H,2-4H2,1H3,(H,20,21,22,23). The van der Waals surface area contributed by atoms with E-state index in [1.54, 1.807) is 0 Å². The summed E-state index contributed by atoms with van der Waals surface area (Å²) in [5.74, 6) is -1.54. The van der Waals surface area contributed by atoms with E-state index < -0.39 is 17.3 Å². The van der Waals surface area contributed by atoms with Crippen LogP contribution in [0.1, 0.15) is 36.0 Å². The fraction of sp³-hybridized carbons (Fsp3) is 0.429. The quantitative estimate of drug-likeness (QED) is 0.814. The van der Waals surface area contributed by atoms with Crippen LogP contribution in [-0.2, 0) is 12.6 Å². The lowest BCUT2D eigenvalue weighted by atomic mass is 10.0. The smallest absolute Gasteiger partial charge is 0.351 e. The second-order valence-electron chi connectivity index (χ2n) is 4.92. The van der Waals surface area contributed by atoms with Crippen molar-refractivity contribution in [3.63, 3.8) is 0 Å². The molecule has 2 aromatic rings. The van der Waals surface area contributed by atoms with E-state index in [2.05, 4.69) is 26.3 Å². The number of nitrogens with one attached hydrogen (secondary N) is 1. The van der Waals surface area contributed by atoms with Crippen LogP contribution >= 0.6 is 22.9 Å². The van der Waals surface area contributed by atoms with Gasteiger partial charge in [-0.05, 0) is 47.9 Å². The molecule has 1 unspecified atom stereocenters. The fourth-order valence-corrected chi connectivity index (χ4v) is 2.97. The molecule has 0 saturated carbocycles. The summed E-state index contributed by atoms with van der Waals surface area (Å²) in [7, 11) is 0. The van der Waals surface area contributed by atoms with Crippen molar-refractivity contribution in [2.24, 2.45) is 0 Å². The van der Waals surface area contributed by atoms with Gasteiger partial charge in [0.1, 0.15) is 10.9 Å². The number of thiophene rings is 1. The van der Waals surface area contributed by atoms with Crippen molar-refractivity contribution >= 4 is 28.9 Å². The third-order valence-corrected chi connectivity index (χ3v) is 4.33. The van der Waals surface area contributed by atoms with E-state index in [9.17, 15) is 13.2 Å². The second kappa shape index (κ2) is 7.77. The van der Waals surface area contributed by atoms with Gasteiger partial charge in [-0.1, -0.05) is 6.92 Å². The molecule has 1 atom stereocenters. The molecule has 0 aliphatic heterocycles. The Bertz CT molecular complexity index is 741. The molecule has 5 nitrogen and oxygen atoms in total. The summed E-state index contributed by atoms with van der Waals surface area (Å²) in [5.41, 5.74) is 0.924. The van der Waals surface area contributed by atoms with E-state index >= 15 is 0 Å². The number of aromatic nitrogens is 3. The van der Waals surface area contributed by atoms with Crippen LogP contribution in [0.2, 0.25) is 5.28 Å². The molecule has 0 spiro atoms. The molecular formula is C14H13ClF3N5S. The highest BCUT2D eigenvalue weighted by atomic mass is 35.5. The molecule has 10 heteroatoms. The highest BCUT2D eigenvalue weighted by molar-refractivity contribution is 7.10. The Kier molecular flexibility index (Phi) is 5.96. The number of nitrogens with zero attached hydrogens (tertiary/aromatic N) is 4. The molecule has 128 valence electrons. The third-order valence-electron chi connectivity index (χ3n) is 3.30. The Morgan fingerprint density at radius 3 is 2.75 bits per heavy atom. The van der Waals surface area contributed by atoms with Crippen LogP contribution in [0.25, 0.3) is 0 Å². The Morgan fingerprint density at radius 2 is 2.12 bits per heavy atom. The lowest BCUT2D eigenvalue weighted by Gasteiger charge is -2.17. The summed E-state index contributed by atoms with van der Waals surface area (Å²) >= 11 is 6.91. The molecule has 24 heavy (non-hydrogen) atoms. The monoisotopic (exact) mass is 375 g/mol. The number of hydrogen-bond acceptors (Lipinski definition) is 6. The number of rotatable bonds is 6. The molecule has 2 aromatic heterocycles. The Balaban J connectivity index is 2.08. The maximum atomic E-state index is 12.7. The second-order valence-corrected chi connectivity index (χ2v) is 6.18. The zero-order valence-electron chi connectivity index (χ0n) is 12.6. The summed E-state index contributed by atoms with van der Waals surface area (Å²) < 4.78 is 38.1. The normalized spacial score (nSPS) is 12.7. The summed E-state index contributed by atoms with van der Waals surface area (Å²) in [5, 5.41) is 13.2. The first kappa shape index (κ1) is 18.4. The van der Waals surface area contributed by atoms with E-state index in [0.717, 1.165) is 5.56 Å². The zero-order chi connectivity index (χ0) is 17.7. The Hall–Kier alpha value is -1.92. The largest absolute Gasteiger partial charge is 0.451 e. The molecule has 0 radical (unpaired) electrons. The van der Waals surface area contributed by atoms with Gasteiger partial charge in [0.25, 0.3) is 0 Å². The van der Waals surface area contributed by atoms with Crippen molar-refractivity contribution in [1.29, 1.82) is 5.26 Å². The van der Waals surface area contributed by atoms with Gasteiger partial charge in [-0.2, -0.15) is 33.4 Å². The van der Waals surface area contributed by atoms with E-state index in [4.69, 9.17) is 16.9 Å². The van der Waals surface area contributed by atoms with E-state index in [1.165, 1.54) is 11.3 Å². The number of aryl methyl sites for hydroxylation is 1. The molecule has 0 aliphatic rings. The summed E-state index contributed by atoms with van der Waals surface area (Å²) in [6, 6.07) is 3.84. The molecule has 0 saturated heterocycles. The lowest BCUT2D eigenvalue weighted by molar-refractivity contribution is -0.145. The van der Waals surface area contributed by atoms with Crippen LogP contribution < -0.4 is 5.32 Å². The van der Waals surface area contributed by atoms with Crippen LogP contribution in [0.4, 0.5) is 19.1 Å². The van der Waals surface area contributed by atoms with E-state index in [1.807, 2.05) is 18.4 Å². The van der Waals surface area contributed by atoms with Crippen molar-refractivity contribution in [3.05, 3.63) is 33.0 Å². The Morgan fingerprint density at radius 1 is 1.38 bits per heavy atom. The number of alkyl halides is 3. The highest BCUT2D eigenvalue weighted by Crippen LogP contribution is 2.27.